The van der Waals surface area contributed by atoms with Gasteiger partial charge in [-0.2, -0.15) is 0 Å². The Morgan fingerprint density at radius 3 is 2.46 bits per heavy atom. The third kappa shape index (κ3) is 4.98. The number of alkyl carbamates (subject to hydrolysis) is 1. The van der Waals surface area contributed by atoms with E-state index in [0.29, 0.717) is 11.3 Å². The van der Waals surface area contributed by atoms with E-state index < -0.39 is 29.3 Å². The predicted octanol–water partition coefficient (Wildman–Crippen LogP) is 2.24. The Kier molecular flexibility index (Phi) is 5.86. The molecule has 2 rings (SSSR count). The molecule has 0 aliphatic heterocycles. The summed E-state index contributed by atoms with van der Waals surface area (Å²) in [5, 5.41) is 5.00. The molecular weight excluding hydrogens is 340 g/mol. The topological polar surface area (TPSA) is 111 Å². The number of carbonyl (C=O) groups is 2. The van der Waals surface area contributed by atoms with Crippen LogP contribution in [0.2, 0.25) is 0 Å². The first-order valence-electron chi connectivity index (χ1n) is 8.04. The molecule has 1 atom stereocenters. The zero-order valence-electron chi connectivity index (χ0n) is 15.1. The molecule has 0 aliphatic carbocycles. The minimum absolute atomic E-state index is 0.109. The third-order valence-corrected chi connectivity index (χ3v) is 3.44. The van der Waals surface area contributed by atoms with Crippen molar-refractivity contribution in [2.45, 2.75) is 38.8 Å². The van der Waals surface area contributed by atoms with Crippen LogP contribution in [0.1, 0.15) is 26.3 Å². The molecular formula is C18H22N2O6. The number of benzene rings is 1. The molecule has 1 aromatic heterocycles. The van der Waals surface area contributed by atoms with E-state index in [4.69, 9.17) is 14.0 Å². The fraction of sp³-hybridized carbons (Fsp3) is 0.389. The van der Waals surface area contributed by atoms with Crippen LogP contribution in [0.15, 0.2) is 39.6 Å². The number of hydrogen-bond acceptors (Lipinski definition) is 6. The SMILES string of the molecule is COC(=O)[C@H](Cc1c(-c2ccccc2)[nH]oc1=O)NC(=O)OC(C)(C)C. The Balaban J connectivity index is 2.27. The van der Waals surface area contributed by atoms with E-state index in [9.17, 15) is 14.4 Å². The van der Waals surface area contributed by atoms with Crippen molar-refractivity contribution < 1.29 is 23.6 Å². The van der Waals surface area contributed by atoms with Crippen molar-refractivity contribution in [3.8, 4) is 11.3 Å². The highest BCUT2D eigenvalue weighted by Gasteiger charge is 2.28. The van der Waals surface area contributed by atoms with Crippen LogP contribution in [0, 0.1) is 0 Å². The first kappa shape index (κ1) is 19.3. The van der Waals surface area contributed by atoms with Crippen LogP contribution in [-0.2, 0) is 20.7 Å². The molecule has 1 aromatic carbocycles. The molecule has 0 saturated heterocycles. The fourth-order valence-electron chi connectivity index (χ4n) is 2.34. The van der Waals surface area contributed by atoms with Crippen molar-refractivity contribution in [1.82, 2.24) is 10.5 Å². The lowest BCUT2D eigenvalue weighted by Crippen LogP contribution is -2.45. The van der Waals surface area contributed by atoms with Gasteiger partial charge in [-0.15, -0.1) is 0 Å². The van der Waals surface area contributed by atoms with Crippen molar-refractivity contribution in [2.24, 2.45) is 0 Å². The van der Waals surface area contributed by atoms with E-state index in [1.807, 2.05) is 6.07 Å². The standard InChI is InChI=1S/C18H22N2O6/c1-18(2,3)25-17(23)19-13(16(22)24-4)10-12-14(20-26-15(12)21)11-8-6-5-7-9-11/h5-9,13,20H,10H2,1-4H3,(H,19,23)/t13-/m0/s1. The van der Waals surface area contributed by atoms with Gasteiger partial charge in [0.05, 0.1) is 18.4 Å². The van der Waals surface area contributed by atoms with E-state index >= 15 is 0 Å². The molecule has 0 spiro atoms. The number of H-pyrrole nitrogens is 1. The maximum atomic E-state index is 12.1. The van der Waals surface area contributed by atoms with Crippen molar-refractivity contribution in [3.63, 3.8) is 0 Å². The van der Waals surface area contributed by atoms with E-state index in [-0.39, 0.29) is 12.0 Å². The van der Waals surface area contributed by atoms with Gasteiger partial charge in [0.2, 0.25) is 0 Å². The average Bonchev–Trinajstić information content (AvgIpc) is 2.93. The van der Waals surface area contributed by atoms with Gasteiger partial charge in [0.15, 0.2) is 0 Å². The Hall–Kier alpha value is -3.03. The van der Waals surface area contributed by atoms with Crippen LogP contribution >= 0.6 is 0 Å². The zero-order valence-corrected chi connectivity index (χ0v) is 15.1. The second-order valence-corrected chi connectivity index (χ2v) is 6.64. The Morgan fingerprint density at radius 1 is 1.23 bits per heavy atom. The summed E-state index contributed by atoms with van der Waals surface area (Å²) in [6.07, 6.45) is -0.892. The molecule has 0 bridgehead atoms. The summed E-state index contributed by atoms with van der Waals surface area (Å²) >= 11 is 0. The lowest BCUT2D eigenvalue weighted by Gasteiger charge is -2.22. The predicted molar refractivity (Wildman–Crippen MR) is 93.6 cm³/mol. The summed E-state index contributed by atoms with van der Waals surface area (Å²) in [7, 11) is 1.20. The number of carbonyl (C=O) groups excluding carboxylic acids is 2. The molecule has 0 radical (unpaired) electrons. The third-order valence-electron chi connectivity index (χ3n) is 3.44. The minimum Gasteiger partial charge on any atom is -0.467 e. The van der Waals surface area contributed by atoms with Crippen LogP contribution in [0.25, 0.3) is 11.3 Å². The molecule has 2 N–H and O–H groups in total. The lowest BCUT2D eigenvalue weighted by atomic mass is 10.0. The number of aromatic nitrogens is 1. The molecule has 0 fully saturated rings. The molecule has 1 heterocycles. The van der Waals surface area contributed by atoms with Crippen molar-refractivity contribution in [3.05, 3.63) is 46.3 Å². The molecule has 8 heteroatoms. The minimum atomic E-state index is -1.10. The number of hydrogen-bond donors (Lipinski definition) is 2. The van der Waals surface area contributed by atoms with Crippen LogP contribution in [0.3, 0.4) is 0 Å². The maximum absolute atomic E-state index is 12.1. The number of amides is 1. The number of ether oxygens (including phenoxy) is 2. The Morgan fingerprint density at radius 2 is 1.88 bits per heavy atom. The van der Waals surface area contributed by atoms with Gasteiger partial charge in [0.25, 0.3) is 0 Å². The number of methoxy groups -OCH3 is 1. The van der Waals surface area contributed by atoms with Crippen LogP contribution in [-0.4, -0.2) is 36.0 Å². The smallest absolute Gasteiger partial charge is 0.408 e. The highest BCUT2D eigenvalue weighted by molar-refractivity contribution is 5.82. The van der Waals surface area contributed by atoms with Gasteiger partial charge in [-0.3, -0.25) is 0 Å². The number of rotatable bonds is 5. The highest BCUT2D eigenvalue weighted by atomic mass is 16.6. The summed E-state index contributed by atoms with van der Waals surface area (Å²) < 4.78 is 14.8. The Bertz CT molecular complexity index is 816. The fourth-order valence-corrected chi connectivity index (χ4v) is 2.34. The Labute approximate surface area is 150 Å². The monoisotopic (exact) mass is 362 g/mol. The first-order chi connectivity index (χ1) is 12.2. The maximum Gasteiger partial charge on any atom is 0.408 e. The number of aromatic amines is 1. The summed E-state index contributed by atoms with van der Waals surface area (Å²) in [6.45, 7) is 5.11. The molecule has 0 unspecified atom stereocenters. The second kappa shape index (κ2) is 7.90. The largest absolute Gasteiger partial charge is 0.467 e. The van der Waals surface area contributed by atoms with E-state index in [1.165, 1.54) is 7.11 Å². The second-order valence-electron chi connectivity index (χ2n) is 6.64. The van der Waals surface area contributed by atoms with Gasteiger partial charge in [0, 0.05) is 12.0 Å². The van der Waals surface area contributed by atoms with Gasteiger partial charge < -0.3 is 19.3 Å². The molecule has 8 nitrogen and oxygen atoms in total. The van der Waals surface area contributed by atoms with Gasteiger partial charge in [-0.05, 0) is 20.8 Å². The molecule has 0 saturated carbocycles. The van der Waals surface area contributed by atoms with Gasteiger partial charge in [0.1, 0.15) is 11.6 Å². The molecule has 140 valence electrons. The summed E-state index contributed by atoms with van der Waals surface area (Å²) in [4.78, 5) is 36.2. The van der Waals surface area contributed by atoms with Gasteiger partial charge in [-0.1, -0.05) is 30.3 Å². The molecule has 1 amide bonds. The van der Waals surface area contributed by atoms with E-state index in [0.717, 1.165) is 0 Å². The van der Waals surface area contributed by atoms with Crippen LogP contribution in [0.5, 0.6) is 0 Å². The number of nitrogens with one attached hydrogen (secondary N) is 2. The van der Waals surface area contributed by atoms with Crippen molar-refractivity contribution in [2.75, 3.05) is 7.11 Å². The summed E-state index contributed by atoms with van der Waals surface area (Å²) in [6, 6.07) is 7.93. The molecule has 0 aliphatic rings. The normalized spacial score (nSPS) is 12.3. The summed E-state index contributed by atoms with van der Waals surface area (Å²) in [5.41, 5.74) is 0.0312. The van der Waals surface area contributed by atoms with Crippen LogP contribution < -0.4 is 10.9 Å². The van der Waals surface area contributed by atoms with Gasteiger partial charge in [-0.25, -0.2) is 19.5 Å². The zero-order chi connectivity index (χ0) is 19.3. The highest BCUT2D eigenvalue weighted by Crippen LogP contribution is 2.20. The van der Waals surface area contributed by atoms with E-state index in [1.54, 1.807) is 45.0 Å². The average molecular weight is 362 g/mol. The molecule has 2 aromatic rings. The quantitative estimate of drug-likeness (QED) is 0.789. The molecule has 26 heavy (non-hydrogen) atoms. The first-order valence-corrected chi connectivity index (χ1v) is 8.04. The van der Waals surface area contributed by atoms with Crippen molar-refractivity contribution in [1.29, 1.82) is 0 Å². The lowest BCUT2D eigenvalue weighted by molar-refractivity contribution is -0.143. The number of esters is 1. The van der Waals surface area contributed by atoms with E-state index in [2.05, 4.69) is 10.5 Å². The van der Waals surface area contributed by atoms with Crippen molar-refractivity contribution >= 4 is 12.1 Å². The van der Waals surface area contributed by atoms with Gasteiger partial charge >= 0.3 is 17.7 Å². The summed E-state index contributed by atoms with van der Waals surface area (Å²) in [5.74, 6) is -0.699. The van der Waals surface area contributed by atoms with Crippen LogP contribution in [0.4, 0.5) is 4.79 Å².